The Bertz CT molecular complexity index is 1120. The zero-order chi connectivity index (χ0) is 23.6. The van der Waals surface area contributed by atoms with Gasteiger partial charge in [-0.25, -0.2) is 27.3 Å². The Hall–Kier alpha value is -2.94. The number of nitrogens with two attached hydrogens (primary N) is 1. The number of thiophene rings is 1. The van der Waals surface area contributed by atoms with E-state index in [0.29, 0.717) is 10.4 Å². The van der Waals surface area contributed by atoms with Crippen LogP contribution in [0.4, 0.5) is 34.0 Å². The number of carbonyl (C=O) groups excluding carboxylic acids is 2. The fourth-order valence-corrected chi connectivity index (χ4v) is 4.78. The Kier molecular flexibility index (Phi) is 7.10. The lowest BCUT2D eigenvalue weighted by Gasteiger charge is -2.13. The summed E-state index contributed by atoms with van der Waals surface area (Å²) >= 11 is 0.798. The molecule has 0 radical (unpaired) electrons. The minimum Gasteiger partial charge on any atom is -0.465 e. The smallest absolute Gasteiger partial charge is 0.419 e. The average molecular weight is 484 g/mol. The third-order valence-corrected chi connectivity index (χ3v) is 6.74. The van der Waals surface area contributed by atoms with Crippen molar-refractivity contribution in [3.63, 3.8) is 0 Å². The van der Waals surface area contributed by atoms with Gasteiger partial charge in [-0.15, -0.1) is 11.3 Å². The summed E-state index contributed by atoms with van der Waals surface area (Å²) in [6.45, 7) is 2.84. The number of halogens is 4. The number of urea groups is 1. The predicted molar refractivity (Wildman–Crippen MR) is 102 cm³/mol. The molecule has 2 rings (SSSR count). The van der Waals surface area contributed by atoms with Crippen LogP contribution in [-0.2, 0) is 32.2 Å². The number of amides is 2. The van der Waals surface area contributed by atoms with Gasteiger partial charge < -0.3 is 10.5 Å². The lowest BCUT2D eigenvalue weighted by atomic mass is 10.2. The molecule has 0 aromatic carbocycles. The number of aromatic nitrogens is 1. The van der Waals surface area contributed by atoms with E-state index in [1.54, 1.807) is 17.0 Å². The Morgan fingerprint density at radius 3 is 2.52 bits per heavy atom. The molecule has 2 heterocycles. The van der Waals surface area contributed by atoms with Gasteiger partial charge in [-0.05, 0) is 24.6 Å². The number of ether oxygens (including phenoxy) is 1. The second-order valence-electron chi connectivity index (χ2n) is 6.08. The van der Waals surface area contributed by atoms with Crippen LogP contribution >= 0.6 is 11.3 Å². The van der Waals surface area contributed by atoms with Crippen LogP contribution in [-0.4, -0.2) is 32.0 Å². The summed E-state index contributed by atoms with van der Waals surface area (Å²) in [4.78, 5) is 26.6. The van der Waals surface area contributed by atoms with E-state index in [1.807, 2.05) is 0 Å². The first kappa shape index (κ1) is 24.3. The second kappa shape index (κ2) is 9.05. The van der Waals surface area contributed by atoms with Crippen molar-refractivity contribution in [3.8, 4) is 0 Å². The Morgan fingerprint density at radius 1 is 1.29 bits per heavy atom. The topological polar surface area (TPSA) is 140 Å². The third-order valence-electron chi connectivity index (χ3n) is 3.64. The molecule has 15 heteroatoms. The molecule has 0 aliphatic heterocycles. The number of nitrogen functional groups attached to an aromatic ring is 1. The van der Waals surface area contributed by atoms with Crippen LogP contribution < -0.4 is 15.8 Å². The molecule has 0 fully saturated rings. The number of pyridine rings is 1. The Balaban J connectivity index is 2.17. The van der Waals surface area contributed by atoms with Crippen LogP contribution in [0.25, 0.3) is 0 Å². The highest BCUT2D eigenvalue weighted by molar-refractivity contribution is 7.92. The lowest BCUT2D eigenvalue weighted by Crippen LogP contribution is -2.34. The average Bonchev–Trinajstić information content (AvgIpc) is 2.98. The highest BCUT2D eigenvalue weighted by atomic mass is 32.2. The number of sulfonamides is 1. The molecule has 2 aromatic heterocycles. The maximum atomic E-state index is 14.0. The summed E-state index contributed by atoms with van der Waals surface area (Å²) in [6, 6.07) is -0.0524. The van der Waals surface area contributed by atoms with Gasteiger partial charge in [0.1, 0.15) is 10.0 Å². The van der Waals surface area contributed by atoms with Crippen molar-refractivity contribution in [3.05, 3.63) is 34.0 Å². The van der Waals surface area contributed by atoms with Crippen LogP contribution in [0.5, 0.6) is 0 Å². The highest BCUT2D eigenvalue weighted by Gasteiger charge is 2.36. The van der Waals surface area contributed by atoms with Gasteiger partial charge in [0.05, 0.1) is 12.2 Å². The molecule has 170 valence electrons. The first-order valence-corrected chi connectivity index (χ1v) is 10.6. The number of carbonyl (C=O) groups is 2. The lowest BCUT2D eigenvalue weighted by molar-refractivity contribution is -0.141. The van der Waals surface area contributed by atoms with Gasteiger partial charge in [0, 0.05) is 18.2 Å². The standard InChI is InChI=1S/C16H16F4N4O5S2/c1-7-5-12(30-10(7)3-4-29-8(2)25)31(27,28)24-15(26)23-14-13(17)9(16(18,19)20)6-11(21)22-14/h5-6H,3-4H2,1-2H3,(H4,21,22,23,24,26). The zero-order valence-electron chi connectivity index (χ0n) is 16.0. The molecule has 31 heavy (non-hydrogen) atoms. The molecule has 9 nitrogen and oxygen atoms in total. The van der Waals surface area contributed by atoms with Crippen LogP contribution in [0.3, 0.4) is 0 Å². The minimum absolute atomic E-state index is 0.0198. The van der Waals surface area contributed by atoms with E-state index in [1.165, 1.54) is 13.0 Å². The molecule has 0 saturated carbocycles. The van der Waals surface area contributed by atoms with Crippen molar-refractivity contribution in [2.24, 2.45) is 0 Å². The van der Waals surface area contributed by atoms with Gasteiger partial charge in [-0.3, -0.25) is 10.1 Å². The molecule has 0 unspecified atom stereocenters. The molecular weight excluding hydrogens is 468 g/mol. The van der Waals surface area contributed by atoms with Gasteiger partial charge in [0.2, 0.25) is 0 Å². The molecule has 0 aliphatic carbocycles. The minimum atomic E-state index is -5.11. The van der Waals surface area contributed by atoms with E-state index in [9.17, 15) is 35.6 Å². The van der Waals surface area contributed by atoms with Crippen molar-refractivity contribution in [1.82, 2.24) is 9.71 Å². The first-order valence-electron chi connectivity index (χ1n) is 8.30. The Morgan fingerprint density at radius 2 is 1.94 bits per heavy atom. The number of hydrogen-bond donors (Lipinski definition) is 3. The summed E-state index contributed by atoms with van der Waals surface area (Å²) in [5.74, 6) is -4.35. The van der Waals surface area contributed by atoms with E-state index in [0.717, 1.165) is 11.3 Å². The van der Waals surface area contributed by atoms with E-state index < -0.39 is 51.2 Å². The van der Waals surface area contributed by atoms with E-state index >= 15 is 0 Å². The molecule has 0 saturated heterocycles. The van der Waals surface area contributed by atoms with Gasteiger partial charge in [-0.1, -0.05) is 0 Å². The normalized spacial score (nSPS) is 11.8. The maximum absolute atomic E-state index is 14.0. The number of rotatable bonds is 6. The van der Waals surface area contributed by atoms with Gasteiger partial charge in [-0.2, -0.15) is 13.2 Å². The van der Waals surface area contributed by atoms with Crippen molar-refractivity contribution in [2.75, 3.05) is 17.7 Å². The van der Waals surface area contributed by atoms with Crippen molar-refractivity contribution in [1.29, 1.82) is 0 Å². The quantitative estimate of drug-likeness (QED) is 0.423. The van der Waals surface area contributed by atoms with Crippen LogP contribution in [0.15, 0.2) is 16.3 Å². The van der Waals surface area contributed by atoms with Gasteiger partial charge >= 0.3 is 18.2 Å². The van der Waals surface area contributed by atoms with Crippen molar-refractivity contribution < 1.29 is 40.3 Å². The molecule has 2 aromatic rings. The summed E-state index contributed by atoms with van der Waals surface area (Å²) in [7, 11) is -4.44. The number of hydrogen-bond acceptors (Lipinski definition) is 8. The van der Waals surface area contributed by atoms with Crippen molar-refractivity contribution in [2.45, 2.75) is 30.7 Å². The number of nitrogens with zero attached hydrogens (tertiary/aromatic N) is 1. The number of aryl methyl sites for hydroxylation is 1. The monoisotopic (exact) mass is 484 g/mol. The number of nitrogens with one attached hydrogen (secondary N) is 2. The van der Waals surface area contributed by atoms with E-state index in [4.69, 9.17) is 10.5 Å². The van der Waals surface area contributed by atoms with E-state index in [2.05, 4.69) is 4.98 Å². The third kappa shape index (κ3) is 6.27. The largest absolute Gasteiger partial charge is 0.465 e. The molecule has 0 bridgehead atoms. The Labute approximate surface area is 177 Å². The maximum Gasteiger partial charge on any atom is 0.419 e. The van der Waals surface area contributed by atoms with Gasteiger partial charge in [0.25, 0.3) is 10.0 Å². The SMILES string of the molecule is CC(=O)OCCc1sc(S(=O)(=O)NC(=O)Nc2nc(N)cc(C(F)(F)F)c2F)cc1C. The van der Waals surface area contributed by atoms with Crippen molar-refractivity contribution >= 4 is 45.0 Å². The zero-order valence-corrected chi connectivity index (χ0v) is 17.6. The molecule has 4 N–H and O–H groups in total. The summed E-state index contributed by atoms with van der Waals surface area (Å²) in [5, 5.41) is 1.61. The molecule has 0 atom stereocenters. The first-order chi connectivity index (χ1) is 14.2. The van der Waals surface area contributed by atoms with Crippen LogP contribution in [0.2, 0.25) is 0 Å². The fourth-order valence-electron chi connectivity index (χ4n) is 2.30. The van der Waals surface area contributed by atoms with Crippen LogP contribution in [0.1, 0.15) is 22.9 Å². The molecular formula is C16H16F4N4O5S2. The molecule has 0 spiro atoms. The fraction of sp³-hybridized carbons (Fsp3) is 0.312. The number of anilines is 2. The van der Waals surface area contributed by atoms with Crippen LogP contribution in [0, 0.1) is 12.7 Å². The van der Waals surface area contributed by atoms with E-state index in [-0.39, 0.29) is 23.3 Å². The number of esters is 1. The van der Waals surface area contributed by atoms with Gasteiger partial charge in [0.15, 0.2) is 11.6 Å². The summed E-state index contributed by atoms with van der Waals surface area (Å²) < 4.78 is 83.4. The summed E-state index contributed by atoms with van der Waals surface area (Å²) in [5.41, 5.74) is 3.98. The predicted octanol–water partition coefficient (Wildman–Crippen LogP) is 2.81. The molecule has 0 aliphatic rings. The summed E-state index contributed by atoms with van der Waals surface area (Å²) in [6.07, 6.45) is -4.88. The highest BCUT2D eigenvalue weighted by Crippen LogP contribution is 2.34. The number of alkyl halides is 3. The second-order valence-corrected chi connectivity index (χ2v) is 9.12. The molecule has 2 amide bonds.